The van der Waals surface area contributed by atoms with Gasteiger partial charge in [0, 0.05) is 14.6 Å². The van der Waals surface area contributed by atoms with Crippen LogP contribution in [0.3, 0.4) is 0 Å². The molecular formula is C9H7IN2O2S2. The zero-order valence-corrected chi connectivity index (χ0v) is 11.7. The van der Waals surface area contributed by atoms with Crippen LogP contribution in [-0.4, -0.2) is 12.8 Å². The van der Waals surface area contributed by atoms with Crippen molar-refractivity contribution in [2.24, 2.45) is 0 Å². The molecule has 0 bridgehead atoms. The molecule has 0 saturated heterocycles. The van der Waals surface area contributed by atoms with Crippen LogP contribution in [0.2, 0.25) is 0 Å². The van der Waals surface area contributed by atoms with Gasteiger partial charge in [0.05, 0.1) is 0 Å². The van der Waals surface area contributed by atoms with E-state index in [1.165, 1.54) is 6.07 Å². The van der Waals surface area contributed by atoms with Crippen molar-refractivity contribution in [2.45, 2.75) is 5.03 Å². The highest BCUT2D eigenvalue weighted by atomic mass is 127. The highest BCUT2D eigenvalue weighted by Crippen LogP contribution is 2.17. The van der Waals surface area contributed by atoms with Crippen LogP contribution in [-0.2, 0) is 10.0 Å². The number of hydrogen-bond acceptors (Lipinski definition) is 4. The minimum absolute atomic E-state index is 0.0522. The molecule has 0 amide bonds. The van der Waals surface area contributed by atoms with Crippen LogP contribution in [0.5, 0.6) is 0 Å². The number of anilines is 1. The van der Waals surface area contributed by atoms with Crippen LogP contribution in [0.15, 0.2) is 40.7 Å². The van der Waals surface area contributed by atoms with Gasteiger partial charge in [0.15, 0.2) is 5.03 Å². The Labute approximate surface area is 111 Å². The standard InChI is InChI=1S/C9H7IN2O2S2/c10-7-2-1-3-8(6-7)12-16(13,14)9-4-5-15-11-9/h1-6,12H. The molecule has 0 fully saturated rings. The van der Waals surface area contributed by atoms with Crippen molar-refractivity contribution >= 4 is 49.8 Å². The molecule has 0 unspecified atom stereocenters. The molecule has 2 rings (SSSR count). The van der Waals surface area contributed by atoms with E-state index >= 15 is 0 Å². The van der Waals surface area contributed by atoms with Gasteiger partial charge in [0.2, 0.25) is 0 Å². The molecule has 0 spiro atoms. The summed E-state index contributed by atoms with van der Waals surface area (Å²) in [6, 6.07) is 8.61. The van der Waals surface area contributed by atoms with Gasteiger partial charge in [0.1, 0.15) is 0 Å². The van der Waals surface area contributed by atoms with E-state index in [2.05, 4.69) is 31.7 Å². The van der Waals surface area contributed by atoms with Gasteiger partial charge >= 0.3 is 0 Å². The summed E-state index contributed by atoms with van der Waals surface area (Å²) >= 11 is 3.23. The predicted molar refractivity (Wildman–Crippen MR) is 72.1 cm³/mol. The van der Waals surface area contributed by atoms with Crippen molar-refractivity contribution in [3.05, 3.63) is 39.3 Å². The van der Waals surface area contributed by atoms with E-state index in [9.17, 15) is 8.42 Å². The molecule has 1 heterocycles. The smallest absolute Gasteiger partial charge is 0.278 e. The first kappa shape index (κ1) is 11.8. The molecule has 1 aromatic heterocycles. The van der Waals surface area contributed by atoms with Crippen molar-refractivity contribution in [1.29, 1.82) is 0 Å². The molecule has 0 aliphatic rings. The lowest BCUT2D eigenvalue weighted by molar-refractivity contribution is 0.599. The number of nitrogens with zero attached hydrogens (tertiary/aromatic N) is 1. The Balaban J connectivity index is 2.29. The zero-order chi connectivity index (χ0) is 11.6. The highest BCUT2D eigenvalue weighted by Gasteiger charge is 2.16. The largest absolute Gasteiger partial charge is 0.280 e. The lowest BCUT2D eigenvalue weighted by atomic mass is 10.3. The van der Waals surface area contributed by atoms with E-state index in [1.54, 1.807) is 23.6 Å². The number of rotatable bonds is 3. The summed E-state index contributed by atoms with van der Waals surface area (Å²) in [6.45, 7) is 0. The minimum Gasteiger partial charge on any atom is -0.278 e. The number of benzene rings is 1. The summed E-state index contributed by atoms with van der Waals surface area (Å²) in [7, 11) is -3.54. The molecule has 16 heavy (non-hydrogen) atoms. The first-order valence-electron chi connectivity index (χ1n) is 4.27. The summed E-state index contributed by atoms with van der Waals surface area (Å²) in [5.41, 5.74) is 0.542. The predicted octanol–water partition coefficient (Wildman–Crippen LogP) is 2.55. The fourth-order valence-corrected chi connectivity index (χ4v) is 3.45. The number of sulfonamides is 1. The second-order valence-electron chi connectivity index (χ2n) is 2.95. The summed E-state index contributed by atoms with van der Waals surface area (Å²) in [5.74, 6) is 0. The number of hydrogen-bond donors (Lipinski definition) is 1. The van der Waals surface area contributed by atoms with Crippen LogP contribution in [0, 0.1) is 3.57 Å². The molecule has 84 valence electrons. The van der Waals surface area contributed by atoms with Gasteiger partial charge in [0.25, 0.3) is 10.0 Å². The van der Waals surface area contributed by atoms with Crippen molar-refractivity contribution < 1.29 is 8.42 Å². The Hall–Kier alpha value is -0.670. The average molecular weight is 366 g/mol. The van der Waals surface area contributed by atoms with E-state index in [0.717, 1.165) is 15.1 Å². The number of aromatic nitrogens is 1. The lowest BCUT2D eigenvalue weighted by Gasteiger charge is -2.05. The lowest BCUT2D eigenvalue weighted by Crippen LogP contribution is -2.13. The average Bonchev–Trinajstić information content (AvgIpc) is 2.69. The molecule has 0 atom stereocenters. The van der Waals surface area contributed by atoms with Gasteiger partial charge < -0.3 is 0 Å². The summed E-state index contributed by atoms with van der Waals surface area (Å²) in [6.07, 6.45) is 0. The van der Waals surface area contributed by atoms with Crippen molar-refractivity contribution in [2.75, 3.05) is 4.72 Å². The maximum Gasteiger partial charge on any atom is 0.280 e. The molecule has 2 aromatic rings. The molecule has 4 nitrogen and oxygen atoms in total. The topological polar surface area (TPSA) is 59.1 Å². The van der Waals surface area contributed by atoms with Gasteiger partial charge in [-0.25, -0.2) is 0 Å². The fourth-order valence-electron chi connectivity index (χ4n) is 1.10. The van der Waals surface area contributed by atoms with Crippen LogP contribution in [0.1, 0.15) is 0 Å². The second-order valence-corrected chi connectivity index (χ2v) is 6.49. The second kappa shape index (κ2) is 4.68. The Morgan fingerprint density at radius 3 is 2.75 bits per heavy atom. The molecule has 1 N–H and O–H groups in total. The summed E-state index contributed by atoms with van der Waals surface area (Å²) < 4.78 is 30.8. The van der Waals surface area contributed by atoms with Crippen molar-refractivity contribution in [1.82, 2.24) is 4.37 Å². The van der Waals surface area contributed by atoms with E-state index < -0.39 is 10.0 Å². The van der Waals surface area contributed by atoms with E-state index in [0.29, 0.717) is 5.69 Å². The molecule has 0 radical (unpaired) electrons. The van der Waals surface area contributed by atoms with Crippen LogP contribution in [0.4, 0.5) is 5.69 Å². The van der Waals surface area contributed by atoms with Crippen LogP contribution in [0.25, 0.3) is 0 Å². The molecule has 0 saturated carbocycles. The summed E-state index contributed by atoms with van der Waals surface area (Å²) in [4.78, 5) is 0. The van der Waals surface area contributed by atoms with Gasteiger partial charge in [-0.2, -0.15) is 12.8 Å². The van der Waals surface area contributed by atoms with E-state index in [-0.39, 0.29) is 5.03 Å². The first-order valence-corrected chi connectivity index (χ1v) is 7.66. The minimum atomic E-state index is -3.54. The normalized spacial score (nSPS) is 11.3. The summed E-state index contributed by atoms with van der Waals surface area (Å²) in [5, 5.41) is 1.68. The van der Waals surface area contributed by atoms with Gasteiger partial charge in [-0.05, 0) is 58.4 Å². The monoisotopic (exact) mass is 366 g/mol. The quantitative estimate of drug-likeness (QED) is 0.850. The molecule has 1 aromatic carbocycles. The molecular weight excluding hydrogens is 359 g/mol. The highest BCUT2D eigenvalue weighted by molar-refractivity contribution is 14.1. The molecule has 0 aliphatic heterocycles. The Bertz CT molecular complexity index is 581. The third kappa shape index (κ3) is 2.71. The zero-order valence-electron chi connectivity index (χ0n) is 7.92. The van der Waals surface area contributed by atoms with Gasteiger partial charge in [-0.3, -0.25) is 4.72 Å². The van der Waals surface area contributed by atoms with Crippen molar-refractivity contribution in [3.63, 3.8) is 0 Å². The van der Waals surface area contributed by atoms with Crippen LogP contribution >= 0.6 is 34.1 Å². The fraction of sp³-hybridized carbons (Fsp3) is 0. The van der Waals surface area contributed by atoms with Gasteiger partial charge in [-0.1, -0.05) is 6.07 Å². The van der Waals surface area contributed by atoms with Crippen LogP contribution < -0.4 is 4.72 Å². The molecule has 7 heteroatoms. The Morgan fingerprint density at radius 1 is 1.31 bits per heavy atom. The van der Waals surface area contributed by atoms with E-state index in [1.807, 2.05) is 6.07 Å². The Morgan fingerprint density at radius 2 is 2.12 bits per heavy atom. The maximum atomic E-state index is 11.8. The molecule has 0 aliphatic carbocycles. The third-order valence-corrected chi connectivity index (χ3v) is 4.40. The SMILES string of the molecule is O=S(=O)(Nc1cccc(I)c1)c1ccsn1. The number of nitrogens with one attached hydrogen (secondary N) is 1. The van der Waals surface area contributed by atoms with E-state index in [4.69, 9.17) is 0 Å². The Kier molecular flexibility index (Phi) is 3.45. The number of halogens is 1. The first-order chi connectivity index (χ1) is 7.58. The van der Waals surface area contributed by atoms with Crippen molar-refractivity contribution in [3.8, 4) is 0 Å². The maximum absolute atomic E-state index is 11.8. The van der Waals surface area contributed by atoms with Gasteiger partial charge in [-0.15, -0.1) is 0 Å². The third-order valence-electron chi connectivity index (χ3n) is 1.77.